The first kappa shape index (κ1) is 24.5. The van der Waals surface area contributed by atoms with Crippen LogP contribution in [0.1, 0.15) is 44.0 Å². The Kier molecular flexibility index (Phi) is 12.9. The number of methoxy groups -OCH3 is 1. The van der Waals surface area contributed by atoms with Gasteiger partial charge in [0.05, 0.1) is 7.11 Å². The van der Waals surface area contributed by atoms with Gasteiger partial charge in [-0.15, -0.1) is 24.0 Å². The van der Waals surface area contributed by atoms with Crippen LogP contribution in [-0.4, -0.2) is 45.2 Å². The van der Waals surface area contributed by atoms with E-state index in [1.807, 2.05) is 6.07 Å². The normalized spacial score (nSPS) is 12.2. The number of aliphatic imine (C=N–C) groups is 1. The number of guanidine groups is 1. The van der Waals surface area contributed by atoms with Gasteiger partial charge in [-0.05, 0) is 43.9 Å². The van der Waals surface area contributed by atoms with Gasteiger partial charge in [0.15, 0.2) is 5.96 Å². The maximum atomic E-state index is 12.1. The van der Waals surface area contributed by atoms with Gasteiger partial charge >= 0.3 is 0 Å². The third kappa shape index (κ3) is 9.84. The van der Waals surface area contributed by atoms with Crippen LogP contribution in [0.25, 0.3) is 0 Å². The Morgan fingerprint density at radius 3 is 2.46 bits per heavy atom. The Labute approximate surface area is 174 Å². The van der Waals surface area contributed by atoms with Gasteiger partial charge in [0.2, 0.25) is 0 Å². The number of nitrogens with zero attached hydrogens (tertiary/aromatic N) is 1. The number of carbonyl (C=O) groups is 1. The SMILES string of the molecule is CN=C(NCCNC(=O)c1cccc(OC)c1)NC(C)CCC(C)C.I. The maximum Gasteiger partial charge on any atom is 0.251 e. The van der Waals surface area contributed by atoms with Crippen LogP contribution in [0.5, 0.6) is 5.75 Å². The summed E-state index contributed by atoms with van der Waals surface area (Å²) >= 11 is 0. The van der Waals surface area contributed by atoms with E-state index >= 15 is 0 Å². The van der Waals surface area contributed by atoms with E-state index < -0.39 is 0 Å². The van der Waals surface area contributed by atoms with E-state index in [4.69, 9.17) is 4.74 Å². The van der Waals surface area contributed by atoms with E-state index in [0.29, 0.717) is 36.4 Å². The predicted octanol–water partition coefficient (Wildman–Crippen LogP) is 3.03. The molecule has 0 aromatic heterocycles. The lowest BCUT2D eigenvalue weighted by Crippen LogP contribution is -2.44. The Hall–Kier alpha value is -1.51. The Bertz CT molecular complexity index is 564. The fourth-order valence-electron chi connectivity index (χ4n) is 2.31. The summed E-state index contributed by atoms with van der Waals surface area (Å²) in [5.74, 6) is 2.01. The molecule has 0 spiro atoms. The number of hydrogen-bond donors (Lipinski definition) is 3. The molecule has 7 heteroatoms. The average Bonchev–Trinajstić information content (AvgIpc) is 2.62. The highest BCUT2D eigenvalue weighted by atomic mass is 127. The number of rotatable bonds is 9. The van der Waals surface area contributed by atoms with Crippen molar-refractivity contribution in [2.24, 2.45) is 10.9 Å². The van der Waals surface area contributed by atoms with Crippen LogP contribution in [0.3, 0.4) is 0 Å². The second kappa shape index (κ2) is 13.7. The van der Waals surface area contributed by atoms with Crippen molar-refractivity contribution in [3.8, 4) is 5.75 Å². The molecule has 0 saturated carbocycles. The summed E-state index contributed by atoms with van der Waals surface area (Å²) in [4.78, 5) is 16.3. The van der Waals surface area contributed by atoms with Crippen molar-refractivity contribution in [1.29, 1.82) is 0 Å². The molecule has 1 unspecified atom stereocenters. The molecule has 0 bridgehead atoms. The molecule has 0 aliphatic carbocycles. The van der Waals surface area contributed by atoms with Gasteiger partial charge in [-0.25, -0.2) is 0 Å². The topological polar surface area (TPSA) is 74.8 Å². The molecule has 0 heterocycles. The second-order valence-corrected chi connectivity index (χ2v) is 6.50. The van der Waals surface area contributed by atoms with Gasteiger partial charge in [-0.3, -0.25) is 9.79 Å². The number of benzene rings is 1. The lowest BCUT2D eigenvalue weighted by atomic mass is 10.0. The number of nitrogens with one attached hydrogen (secondary N) is 3. The third-order valence-electron chi connectivity index (χ3n) is 3.82. The predicted molar refractivity (Wildman–Crippen MR) is 119 cm³/mol. The van der Waals surface area contributed by atoms with Gasteiger partial charge in [0.1, 0.15) is 5.75 Å². The standard InChI is InChI=1S/C19H32N4O2.HI/c1-14(2)9-10-15(3)23-19(20-4)22-12-11-21-18(24)16-7-6-8-17(13-16)25-5;/h6-8,13-15H,9-12H2,1-5H3,(H,21,24)(H2,20,22,23);1H. The van der Waals surface area contributed by atoms with E-state index in [-0.39, 0.29) is 29.9 Å². The molecule has 0 aliphatic rings. The summed E-state index contributed by atoms with van der Waals surface area (Å²) in [6, 6.07) is 7.46. The van der Waals surface area contributed by atoms with Crippen LogP contribution < -0.4 is 20.7 Å². The fraction of sp³-hybridized carbons (Fsp3) is 0.579. The van der Waals surface area contributed by atoms with Crippen LogP contribution in [0.15, 0.2) is 29.3 Å². The van der Waals surface area contributed by atoms with Gasteiger partial charge in [0, 0.05) is 31.7 Å². The highest BCUT2D eigenvalue weighted by Crippen LogP contribution is 2.12. The number of hydrogen-bond acceptors (Lipinski definition) is 3. The average molecular weight is 476 g/mol. The zero-order valence-electron chi connectivity index (χ0n) is 16.5. The van der Waals surface area contributed by atoms with Crippen molar-refractivity contribution < 1.29 is 9.53 Å². The Morgan fingerprint density at radius 2 is 1.85 bits per heavy atom. The van der Waals surface area contributed by atoms with Crippen molar-refractivity contribution in [2.75, 3.05) is 27.2 Å². The maximum absolute atomic E-state index is 12.1. The lowest BCUT2D eigenvalue weighted by molar-refractivity contribution is 0.0954. The van der Waals surface area contributed by atoms with E-state index in [9.17, 15) is 4.79 Å². The van der Waals surface area contributed by atoms with Crippen molar-refractivity contribution in [3.63, 3.8) is 0 Å². The van der Waals surface area contributed by atoms with Crippen molar-refractivity contribution in [1.82, 2.24) is 16.0 Å². The summed E-state index contributed by atoms with van der Waals surface area (Å²) in [7, 11) is 3.33. The molecule has 148 valence electrons. The number of amides is 1. The first-order valence-corrected chi connectivity index (χ1v) is 8.85. The Morgan fingerprint density at radius 1 is 1.15 bits per heavy atom. The molecule has 1 aromatic carbocycles. The quantitative estimate of drug-likeness (QED) is 0.222. The van der Waals surface area contributed by atoms with E-state index in [1.165, 1.54) is 6.42 Å². The lowest BCUT2D eigenvalue weighted by Gasteiger charge is -2.18. The number of ether oxygens (including phenoxy) is 1. The second-order valence-electron chi connectivity index (χ2n) is 6.50. The van der Waals surface area contributed by atoms with Crippen molar-refractivity contribution in [3.05, 3.63) is 29.8 Å². The van der Waals surface area contributed by atoms with E-state index in [0.717, 1.165) is 12.4 Å². The molecule has 1 aromatic rings. The minimum absolute atomic E-state index is 0. The summed E-state index contributed by atoms with van der Waals surface area (Å²) in [6.45, 7) is 7.72. The molecule has 6 nitrogen and oxygen atoms in total. The highest BCUT2D eigenvalue weighted by Gasteiger charge is 2.08. The number of halogens is 1. The smallest absolute Gasteiger partial charge is 0.251 e. The summed E-state index contributed by atoms with van der Waals surface area (Å²) in [5, 5.41) is 9.47. The van der Waals surface area contributed by atoms with Crippen LogP contribution in [0.4, 0.5) is 0 Å². The largest absolute Gasteiger partial charge is 0.497 e. The minimum atomic E-state index is -0.117. The zero-order chi connectivity index (χ0) is 18.7. The Balaban J connectivity index is 0.00000625. The van der Waals surface area contributed by atoms with E-state index in [1.54, 1.807) is 32.4 Å². The van der Waals surface area contributed by atoms with Gasteiger partial charge < -0.3 is 20.7 Å². The highest BCUT2D eigenvalue weighted by molar-refractivity contribution is 14.0. The first-order valence-electron chi connectivity index (χ1n) is 8.85. The molecule has 0 aliphatic heterocycles. The number of carbonyl (C=O) groups excluding carboxylic acids is 1. The van der Waals surface area contributed by atoms with E-state index in [2.05, 4.69) is 41.7 Å². The molecule has 0 radical (unpaired) electrons. The first-order chi connectivity index (χ1) is 12.0. The summed E-state index contributed by atoms with van der Waals surface area (Å²) in [5.41, 5.74) is 0.587. The molecule has 0 saturated heterocycles. The van der Waals surface area contributed by atoms with Crippen molar-refractivity contribution in [2.45, 2.75) is 39.7 Å². The van der Waals surface area contributed by atoms with Crippen LogP contribution in [0, 0.1) is 5.92 Å². The monoisotopic (exact) mass is 476 g/mol. The molecule has 26 heavy (non-hydrogen) atoms. The van der Waals surface area contributed by atoms with Gasteiger partial charge in [-0.1, -0.05) is 19.9 Å². The van der Waals surface area contributed by atoms with Crippen LogP contribution in [0.2, 0.25) is 0 Å². The fourth-order valence-corrected chi connectivity index (χ4v) is 2.31. The molecule has 1 rings (SSSR count). The third-order valence-corrected chi connectivity index (χ3v) is 3.82. The molecule has 1 amide bonds. The molecule has 0 fully saturated rings. The minimum Gasteiger partial charge on any atom is -0.497 e. The van der Waals surface area contributed by atoms with Gasteiger partial charge in [0.25, 0.3) is 5.91 Å². The molecular formula is C19H33IN4O2. The molecule has 3 N–H and O–H groups in total. The van der Waals surface area contributed by atoms with Crippen LogP contribution >= 0.6 is 24.0 Å². The van der Waals surface area contributed by atoms with Crippen molar-refractivity contribution >= 4 is 35.8 Å². The molecule has 1 atom stereocenters. The summed E-state index contributed by atoms with van der Waals surface area (Å²) in [6.07, 6.45) is 2.28. The molecular weight excluding hydrogens is 443 g/mol. The van der Waals surface area contributed by atoms with Gasteiger partial charge in [-0.2, -0.15) is 0 Å². The zero-order valence-corrected chi connectivity index (χ0v) is 18.8. The van der Waals surface area contributed by atoms with Crippen LogP contribution in [-0.2, 0) is 0 Å². The summed E-state index contributed by atoms with van der Waals surface area (Å²) < 4.78 is 5.13.